The fourth-order valence-corrected chi connectivity index (χ4v) is 9.08. The predicted octanol–water partition coefficient (Wildman–Crippen LogP) is 4.33. The number of Topliss-reactive ketones (excluding diaryl/α,β-unsaturated/α-hetero) is 1. The van der Waals surface area contributed by atoms with E-state index in [4.69, 9.17) is 18.0 Å². The lowest BCUT2D eigenvalue weighted by atomic mass is 10.2. The molecule has 2 aromatic carbocycles. The number of carbonyl (C=O) groups is 1. The number of phosphoric acid groups is 1. The van der Waals surface area contributed by atoms with E-state index in [9.17, 15) is 9.36 Å². The molecule has 2 aromatic rings. The average Bonchev–Trinajstić information content (AvgIpc) is 2.78. The Balaban J connectivity index is 2.49. The number of ketones is 1. The minimum absolute atomic E-state index is 0.265. The SMILES string of the molecule is CC[C@@H](O[Si](c1ccccc1)(c1ccccc1)C(C)(C)C)C(=O)COP(=O)(OC)OC. The Morgan fingerprint density at radius 3 is 1.74 bits per heavy atom. The van der Waals surface area contributed by atoms with Crippen molar-refractivity contribution in [3.8, 4) is 0 Å². The van der Waals surface area contributed by atoms with Crippen LogP contribution in [0.2, 0.25) is 5.04 Å². The molecule has 0 heterocycles. The highest BCUT2D eigenvalue weighted by molar-refractivity contribution is 7.48. The molecule has 0 saturated carbocycles. The molecule has 0 saturated heterocycles. The smallest absolute Gasteiger partial charge is 0.397 e. The topological polar surface area (TPSA) is 71.1 Å². The van der Waals surface area contributed by atoms with Crippen LogP contribution in [0.25, 0.3) is 0 Å². The summed E-state index contributed by atoms with van der Waals surface area (Å²) in [5.74, 6) is -0.301. The highest BCUT2D eigenvalue weighted by atomic mass is 31.2. The molecule has 0 aliphatic heterocycles. The van der Waals surface area contributed by atoms with E-state index in [1.54, 1.807) is 0 Å². The van der Waals surface area contributed by atoms with Gasteiger partial charge < -0.3 is 4.43 Å². The van der Waals surface area contributed by atoms with Gasteiger partial charge in [0, 0.05) is 14.2 Å². The van der Waals surface area contributed by atoms with E-state index < -0.39 is 28.9 Å². The Hall–Kier alpha value is -1.60. The van der Waals surface area contributed by atoms with Gasteiger partial charge in [0.25, 0.3) is 8.32 Å². The van der Waals surface area contributed by atoms with E-state index in [-0.39, 0.29) is 10.8 Å². The summed E-state index contributed by atoms with van der Waals surface area (Å²) in [5, 5.41) is 1.90. The summed E-state index contributed by atoms with van der Waals surface area (Å²) in [4.78, 5) is 13.1. The van der Waals surface area contributed by atoms with E-state index in [0.717, 1.165) is 10.4 Å². The number of phosphoric ester groups is 1. The molecule has 8 heteroatoms. The van der Waals surface area contributed by atoms with E-state index in [2.05, 4.69) is 45.0 Å². The molecule has 31 heavy (non-hydrogen) atoms. The van der Waals surface area contributed by atoms with Crippen molar-refractivity contribution in [3.63, 3.8) is 0 Å². The molecular weight excluding hydrogens is 431 g/mol. The van der Waals surface area contributed by atoms with Gasteiger partial charge in [-0.25, -0.2) is 4.57 Å². The number of hydrogen-bond acceptors (Lipinski definition) is 6. The molecule has 0 radical (unpaired) electrons. The van der Waals surface area contributed by atoms with Crippen molar-refractivity contribution < 1.29 is 27.4 Å². The van der Waals surface area contributed by atoms with Crippen molar-refractivity contribution in [2.24, 2.45) is 0 Å². The average molecular weight is 465 g/mol. The van der Waals surface area contributed by atoms with Gasteiger partial charge >= 0.3 is 7.82 Å². The molecule has 0 aliphatic carbocycles. The lowest BCUT2D eigenvalue weighted by Gasteiger charge is -2.44. The molecule has 0 aliphatic rings. The molecule has 0 fully saturated rings. The molecule has 0 spiro atoms. The minimum atomic E-state index is -3.75. The first kappa shape index (κ1) is 25.7. The molecule has 6 nitrogen and oxygen atoms in total. The molecule has 0 aromatic heterocycles. The molecular formula is C23H33O6PSi. The van der Waals surface area contributed by atoms with Crippen LogP contribution in [0.4, 0.5) is 0 Å². The Labute approximate surface area is 186 Å². The van der Waals surface area contributed by atoms with Crippen LogP contribution in [0.15, 0.2) is 60.7 Å². The maximum absolute atomic E-state index is 13.1. The van der Waals surface area contributed by atoms with Gasteiger partial charge in [-0.1, -0.05) is 88.4 Å². The van der Waals surface area contributed by atoms with Crippen molar-refractivity contribution in [2.75, 3.05) is 20.8 Å². The van der Waals surface area contributed by atoms with Gasteiger partial charge in [0.15, 0.2) is 5.78 Å². The van der Waals surface area contributed by atoms with Crippen LogP contribution in [0.3, 0.4) is 0 Å². The second-order valence-corrected chi connectivity index (χ2v) is 14.4. The van der Waals surface area contributed by atoms with Crippen LogP contribution in [-0.2, 0) is 27.4 Å². The van der Waals surface area contributed by atoms with Crippen molar-refractivity contribution in [1.82, 2.24) is 0 Å². The van der Waals surface area contributed by atoms with Crippen LogP contribution >= 0.6 is 7.82 Å². The van der Waals surface area contributed by atoms with Crippen LogP contribution < -0.4 is 10.4 Å². The third-order valence-electron chi connectivity index (χ3n) is 5.28. The third kappa shape index (κ3) is 5.80. The maximum atomic E-state index is 13.1. The summed E-state index contributed by atoms with van der Waals surface area (Å²) >= 11 is 0. The maximum Gasteiger partial charge on any atom is 0.474 e. The number of hydrogen-bond donors (Lipinski definition) is 0. The van der Waals surface area contributed by atoms with Crippen molar-refractivity contribution in [1.29, 1.82) is 0 Å². The zero-order chi connectivity index (χ0) is 23.1. The second kappa shape index (κ2) is 10.8. The summed E-state index contributed by atoms with van der Waals surface area (Å²) in [6.07, 6.45) is -0.273. The monoisotopic (exact) mass is 464 g/mol. The Morgan fingerprint density at radius 2 is 1.39 bits per heavy atom. The van der Waals surface area contributed by atoms with E-state index in [1.165, 1.54) is 14.2 Å². The van der Waals surface area contributed by atoms with Gasteiger partial charge in [-0.2, -0.15) is 0 Å². The molecule has 0 N–H and O–H groups in total. The summed E-state index contributed by atoms with van der Waals surface area (Å²) in [7, 11) is -4.22. The third-order valence-corrected chi connectivity index (χ3v) is 11.7. The molecule has 0 bridgehead atoms. The molecule has 1 atom stereocenters. The highest BCUT2D eigenvalue weighted by Crippen LogP contribution is 2.47. The summed E-state index contributed by atoms with van der Waals surface area (Å²) in [6, 6.07) is 20.2. The number of carbonyl (C=O) groups excluding carboxylic acids is 1. The first-order valence-electron chi connectivity index (χ1n) is 10.3. The Morgan fingerprint density at radius 1 is 0.935 bits per heavy atom. The van der Waals surface area contributed by atoms with Gasteiger partial charge in [0.05, 0.1) is 0 Å². The zero-order valence-corrected chi connectivity index (χ0v) is 21.1. The normalized spacial score (nSPS) is 13.7. The van der Waals surface area contributed by atoms with Crippen LogP contribution in [0.1, 0.15) is 34.1 Å². The summed E-state index contributed by atoms with van der Waals surface area (Å²) in [5.41, 5.74) is 0. The fourth-order valence-electron chi connectivity index (χ4n) is 3.70. The first-order valence-corrected chi connectivity index (χ1v) is 13.7. The minimum Gasteiger partial charge on any atom is -0.397 e. The van der Waals surface area contributed by atoms with Crippen molar-refractivity contribution in [3.05, 3.63) is 60.7 Å². The lowest BCUT2D eigenvalue weighted by Crippen LogP contribution is -2.68. The van der Waals surface area contributed by atoms with E-state index >= 15 is 0 Å². The zero-order valence-electron chi connectivity index (χ0n) is 19.2. The van der Waals surface area contributed by atoms with E-state index in [0.29, 0.717) is 6.42 Å². The molecule has 0 amide bonds. The van der Waals surface area contributed by atoms with Crippen molar-refractivity contribution in [2.45, 2.75) is 45.3 Å². The first-order chi connectivity index (χ1) is 14.6. The quantitative estimate of drug-likeness (QED) is 0.364. The molecule has 2 rings (SSSR count). The summed E-state index contributed by atoms with van der Waals surface area (Å²) < 4.78 is 33.8. The van der Waals surface area contributed by atoms with Crippen molar-refractivity contribution >= 4 is 32.3 Å². The predicted molar refractivity (Wildman–Crippen MR) is 125 cm³/mol. The van der Waals surface area contributed by atoms with Gasteiger partial charge in [0.1, 0.15) is 12.7 Å². The number of benzene rings is 2. The molecule has 0 unspecified atom stereocenters. The Bertz CT molecular complexity index is 834. The van der Waals surface area contributed by atoms with Crippen LogP contribution in [0, 0.1) is 0 Å². The van der Waals surface area contributed by atoms with E-state index in [1.807, 2.05) is 43.3 Å². The van der Waals surface area contributed by atoms with Gasteiger partial charge in [-0.3, -0.25) is 18.4 Å². The van der Waals surface area contributed by atoms with Gasteiger partial charge in [0.2, 0.25) is 0 Å². The largest absolute Gasteiger partial charge is 0.474 e. The van der Waals surface area contributed by atoms with Gasteiger partial charge in [-0.05, 0) is 21.8 Å². The van der Waals surface area contributed by atoms with Crippen LogP contribution in [0.5, 0.6) is 0 Å². The van der Waals surface area contributed by atoms with Crippen LogP contribution in [-0.4, -0.2) is 41.0 Å². The molecule has 170 valence electrons. The summed E-state index contributed by atoms with van der Waals surface area (Å²) in [6.45, 7) is 7.92. The lowest BCUT2D eigenvalue weighted by molar-refractivity contribution is -0.128. The highest BCUT2D eigenvalue weighted by Gasteiger charge is 2.52. The Kier molecular flexibility index (Phi) is 8.95. The fraction of sp³-hybridized carbons (Fsp3) is 0.435. The van der Waals surface area contributed by atoms with Gasteiger partial charge in [-0.15, -0.1) is 0 Å². The standard InChI is InChI=1S/C23H33O6PSi/c1-7-22(21(24)18-28-30(25,26-5)27-6)29-31(23(2,3)4,19-14-10-8-11-15-19)20-16-12-9-13-17-20/h8-17,22H,7,18H2,1-6H3/t22-/m1/s1. The number of rotatable bonds is 11. The second-order valence-electron chi connectivity index (χ2n) is 8.23.